The minimum atomic E-state index is -2.96. The number of hydrogen-bond donors (Lipinski definition) is 6. The molecular weight excluding hydrogens is 518 g/mol. The van der Waals surface area contributed by atoms with Crippen LogP contribution in [0.3, 0.4) is 0 Å². The van der Waals surface area contributed by atoms with Gasteiger partial charge in [0, 0.05) is 37.8 Å². The van der Waals surface area contributed by atoms with Crippen LogP contribution >= 0.6 is 0 Å². The summed E-state index contributed by atoms with van der Waals surface area (Å²) in [6, 6.07) is 1.25. The summed E-state index contributed by atoms with van der Waals surface area (Å²) < 4.78 is 28.4. The molecule has 2 fully saturated rings. The number of amides is 3. The van der Waals surface area contributed by atoms with Crippen LogP contribution in [-0.2, 0) is 22.4 Å². The number of nitrogens with one attached hydrogen (secondary N) is 2. The number of aryl methyl sites for hydroxylation is 1. The minimum Gasteiger partial charge on any atom is -0.370 e. The SMILES string of the molecule is NC1=N[C@H]2[C@H](CN3C(=O)CCC3=O)N=C(N)N3CC(NC(=O)c4cccc5c4CC(F)(F)CC5)C(O)(O)[C@]23N1. The molecule has 0 bridgehead atoms. The Labute approximate surface area is 220 Å². The number of aliphatic hydroxyl groups is 2. The van der Waals surface area contributed by atoms with Crippen molar-refractivity contribution in [3.8, 4) is 0 Å². The summed E-state index contributed by atoms with van der Waals surface area (Å²) in [4.78, 5) is 48.9. The molecule has 208 valence electrons. The Bertz CT molecular complexity index is 1330. The van der Waals surface area contributed by atoms with Gasteiger partial charge in [0.05, 0.1) is 12.6 Å². The molecule has 39 heavy (non-hydrogen) atoms. The number of likely N-dealkylation sites (tertiary alicyclic amines) is 1. The topological polar surface area (TPSA) is 199 Å². The molecule has 1 unspecified atom stereocenters. The average Bonchev–Trinajstić information content (AvgIpc) is 3.46. The van der Waals surface area contributed by atoms with E-state index in [0.717, 1.165) is 4.90 Å². The van der Waals surface area contributed by atoms with Gasteiger partial charge in [0.25, 0.3) is 11.8 Å². The van der Waals surface area contributed by atoms with Gasteiger partial charge in [-0.15, -0.1) is 0 Å². The third-order valence-corrected chi connectivity index (χ3v) is 8.34. The van der Waals surface area contributed by atoms with E-state index in [1.807, 2.05) is 0 Å². The lowest BCUT2D eigenvalue weighted by Crippen LogP contribution is -2.78. The number of carbonyl (C=O) groups excluding carboxylic acids is 3. The Balaban J connectivity index is 1.31. The number of rotatable bonds is 4. The van der Waals surface area contributed by atoms with E-state index < -0.39 is 47.8 Å². The predicted octanol–water partition coefficient (Wildman–Crippen LogP) is -2.27. The lowest BCUT2D eigenvalue weighted by molar-refractivity contribution is -0.230. The smallest absolute Gasteiger partial charge is 0.252 e. The van der Waals surface area contributed by atoms with Gasteiger partial charge in [-0.2, -0.15) is 0 Å². The number of nitrogens with zero attached hydrogens (tertiary/aromatic N) is 4. The van der Waals surface area contributed by atoms with E-state index in [-0.39, 0.29) is 73.6 Å². The van der Waals surface area contributed by atoms with Gasteiger partial charge in [0.15, 0.2) is 17.6 Å². The third-order valence-electron chi connectivity index (χ3n) is 8.34. The van der Waals surface area contributed by atoms with Gasteiger partial charge in [-0.3, -0.25) is 19.3 Å². The van der Waals surface area contributed by atoms with E-state index >= 15 is 0 Å². The van der Waals surface area contributed by atoms with Crippen molar-refractivity contribution in [2.45, 2.75) is 67.6 Å². The van der Waals surface area contributed by atoms with Gasteiger partial charge in [-0.25, -0.2) is 18.8 Å². The fourth-order valence-electron chi connectivity index (χ4n) is 6.44. The lowest BCUT2D eigenvalue weighted by atomic mass is 9.84. The quantitative estimate of drug-likeness (QED) is 0.178. The molecule has 3 amide bonds. The molecule has 1 aliphatic carbocycles. The second-order valence-electron chi connectivity index (χ2n) is 10.6. The maximum Gasteiger partial charge on any atom is 0.252 e. The van der Waals surface area contributed by atoms with Gasteiger partial charge in [-0.1, -0.05) is 12.1 Å². The number of hydrogen-bond acceptors (Lipinski definition) is 11. The van der Waals surface area contributed by atoms with Crippen molar-refractivity contribution in [3.05, 3.63) is 34.9 Å². The van der Waals surface area contributed by atoms with Crippen molar-refractivity contribution >= 4 is 29.6 Å². The molecule has 15 heteroatoms. The first-order chi connectivity index (χ1) is 18.3. The monoisotopic (exact) mass is 546 g/mol. The van der Waals surface area contributed by atoms with Crippen molar-refractivity contribution in [1.82, 2.24) is 20.4 Å². The van der Waals surface area contributed by atoms with E-state index in [9.17, 15) is 33.4 Å². The predicted molar refractivity (Wildman–Crippen MR) is 131 cm³/mol. The fourth-order valence-corrected chi connectivity index (χ4v) is 6.44. The van der Waals surface area contributed by atoms with Crippen molar-refractivity contribution < 1.29 is 33.4 Å². The average molecular weight is 547 g/mol. The molecule has 1 aromatic rings. The second-order valence-corrected chi connectivity index (χ2v) is 10.6. The van der Waals surface area contributed by atoms with E-state index in [1.54, 1.807) is 12.1 Å². The normalized spacial score (nSPS) is 32.2. The zero-order valence-corrected chi connectivity index (χ0v) is 20.7. The van der Waals surface area contributed by atoms with Crippen LogP contribution < -0.4 is 22.1 Å². The minimum absolute atomic E-state index is 0.0160. The fraction of sp³-hybridized carbons (Fsp3) is 0.542. The van der Waals surface area contributed by atoms with Crippen LogP contribution in [0.5, 0.6) is 0 Å². The molecular formula is C24H28F2N8O5. The van der Waals surface area contributed by atoms with Crippen LogP contribution in [-0.4, -0.2) is 98.2 Å². The number of alkyl halides is 2. The molecule has 2 saturated heterocycles. The van der Waals surface area contributed by atoms with E-state index in [2.05, 4.69) is 20.6 Å². The summed E-state index contributed by atoms with van der Waals surface area (Å²) in [5, 5.41) is 28.5. The zero-order valence-electron chi connectivity index (χ0n) is 20.7. The highest BCUT2D eigenvalue weighted by Crippen LogP contribution is 2.45. The first-order valence-corrected chi connectivity index (χ1v) is 12.6. The summed E-state index contributed by atoms with van der Waals surface area (Å²) in [7, 11) is 0. The Morgan fingerprint density at radius 2 is 1.87 bits per heavy atom. The van der Waals surface area contributed by atoms with Crippen molar-refractivity contribution in [3.63, 3.8) is 0 Å². The summed E-state index contributed by atoms with van der Waals surface area (Å²) in [5.41, 5.74) is 11.2. The van der Waals surface area contributed by atoms with Gasteiger partial charge >= 0.3 is 0 Å². The number of benzene rings is 1. The Hall–Kier alpha value is -3.85. The first kappa shape index (κ1) is 25.4. The van der Waals surface area contributed by atoms with Crippen molar-refractivity contribution in [2.24, 2.45) is 21.5 Å². The molecule has 1 aromatic carbocycles. The molecule has 5 aliphatic rings. The molecule has 0 saturated carbocycles. The third kappa shape index (κ3) is 3.66. The van der Waals surface area contributed by atoms with Crippen LogP contribution in [0, 0.1) is 0 Å². The number of fused-ring (bicyclic) bond motifs is 1. The maximum absolute atomic E-state index is 14.2. The molecule has 0 radical (unpaired) electrons. The van der Waals surface area contributed by atoms with Gasteiger partial charge < -0.3 is 37.2 Å². The highest BCUT2D eigenvalue weighted by Gasteiger charge is 2.73. The van der Waals surface area contributed by atoms with Crippen LogP contribution in [0.2, 0.25) is 0 Å². The summed E-state index contributed by atoms with van der Waals surface area (Å²) >= 11 is 0. The molecule has 8 N–H and O–H groups in total. The van der Waals surface area contributed by atoms with Crippen LogP contribution in [0.15, 0.2) is 28.2 Å². The molecule has 0 aromatic heterocycles. The van der Waals surface area contributed by atoms with E-state index in [0.29, 0.717) is 5.56 Å². The van der Waals surface area contributed by atoms with E-state index in [4.69, 9.17) is 11.5 Å². The maximum atomic E-state index is 14.2. The standard InChI is InChI=1S/C24H28F2N8O5/c25-22(26)7-6-11-2-1-3-12(13(11)8-22)19(37)30-15-10-34-21(28)29-14(9-33-16(35)4-5-17(33)36)18-23(34,24(15,38)39)32-20(27)31-18/h1-3,14-15,18,38-39H,4-10H2,(H2,28,29)(H,30,37)(H3,27,31,32)/t14-,15?,18-,23-/m0/s1. The summed E-state index contributed by atoms with van der Waals surface area (Å²) in [5.74, 6) is -7.55. The number of halogens is 2. The number of aliphatic imine (C=N–C) groups is 2. The number of carbonyl (C=O) groups is 3. The number of imide groups is 1. The van der Waals surface area contributed by atoms with Gasteiger partial charge in [0.1, 0.15) is 12.1 Å². The summed E-state index contributed by atoms with van der Waals surface area (Å²) in [6.07, 6.45) is -0.678. The zero-order chi connectivity index (χ0) is 27.9. The molecule has 4 atom stereocenters. The van der Waals surface area contributed by atoms with Crippen molar-refractivity contribution in [2.75, 3.05) is 13.1 Å². The van der Waals surface area contributed by atoms with Crippen LogP contribution in [0.25, 0.3) is 0 Å². The second kappa shape index (κ2) is 8.32. The van der Waals surface area contributed by atoms with E-state index in [1.165, 1.54) is 11.0 Å². The van der Waals surface area contributed by atoms with Crippen molar-refractivity contribution in [1.29, 1.82) is 0 Å². The molecule has 4 aliphatic heterocycles. The Kier molecular flexibility index (Phi) is 5.43. The highest BCUT2D eigenvalue weighted by molar-refractivity contribution is 6.02. The molecule has 13 nitrogen and oxygen atoms in total. The lowest BCUT2D eigenvalue weighted by Gasteiger charge is -2.49. The van der Waals surface area contributed by atoms with Crippen LogP contribution in [0.4, 0.5) is 8.78 Å². The largest absolute Gasteiger partial charge is 0.370 e. The molecule has 4 heterocycles. The van der Waals surface area contributed by atoms with Crippen LogP contribution in [0.1, 0.15) is 40.7 Å². The number of guanidine groups is 2. The highest BCUT2D eigenvalue weighted by atomic mass is 19.3. The summed E-state index contributed by atoms with van der Waals surface area (Å²) in [6.45, 7) is -0.436. The first-order valence-electron chi connectivity index (χ1n) is 12.6. The Morgan fingerprint density at radius 1 is 1.15 bits per heavy atom. The Morgan fingerprint density at radius 3 is 2.59 bits per heavy atom. The number of nitrogens with two attached hydrogens (primary N) is 2. The van der Waals surface area contributed by atoms with Gasteiger partial charge in [-0.05, 0) is 23.6 Å². The van der Waals surface area contributed by atoms with Gasteiger partial charge in [0.2, 0.25) is 17.6 Å². The molecule has 1 spiro atoms. The molecule has 6 rings (SSSR count).